The first-order valence-corrected chi connectivity index (χ1v) is 6.74. The second-order valence-corrected chi connectivity index (χ2v) is 5.09. The lowest BCUT2D eigenvalue weighted by Crippen LogP contribution is -2.24. The number of nitrogens with zero attached hydrogens (tertiary/aromatic N) is 1. The van der Waals surface area contributed by atoms with Crippen LogP contribution in [0.3, 0.4) is 0 Å². The minimum Gasteiger partial charge on any atom is -0.484 e. The molecule has 0 saturated carbocycles. The van der Waals surface area contributed by atoms with E-state index in [1.165, 1.54) is 6.07 Å². The van der Waals surface area contributed by atoms with Gasteiger partial charge in [-0.15, -0.1) is 0 Å². The van der Waals surface area contributed by atoms with Crippen molar-refractivity contribution in [2.24, 2.45) is 5.92 Å². The Bertz CT molecular complexity index is 506. The van der Waals surface area contributed by atoms with Gasteiger partial charge in [0.1, 0.15) is 6.10 Å². The summed E-state index contributed by atoms with van der Waals surface area (Å²) in [6.45, 7) is 4.91. The summed E-state index contributed by atoms with van der Waals surface area (Å²) < 4.78 is 25.1. The van der Waals surface area contributed by atoms with Gasteiger partial charge in [-0.2, -0.15) is 0 Å². The SMILES string of the molecule is CCCc1cc([N+](=O)[O-])cc(F)c1O[C@@H]1COC[C@@H]1C. The zero-order valence-electron chi connectivity index (χ0n) is 11.6. The molecule has 2 atom stereocenters. The van der Waals surface area contributed by atoms with E-state index < -0.39 is 10.7 Å². The van der Waals surface area contributed by atoms with E-state index in [4.69, 9.17) is 9.47 Å². The number of benzene rings is 1. The third kappa shape index (κ3) is 3.07. The zero-order valence-corrected chi connectivity index (χ0v) is 11.6. The van der Waals surface area contributed by atoms with Crippen LogP contribution in [0.5, 0.6) is 5.75 Å². The molecule has 1 aromatic rings. The maximum Gasteiger partial charge on any atom is 0.272 e. The standard InChI is InChI=1S/C14H18FNO4/c1-3-4-10-5-11(16(17)18)6-12(15)14(10)20-13-8-19-7-9(13)2/h5-6,9,13H,3-4,7-8H2,1-2H3/t9-,13+/m0/s1. The molecular formula is C14H18FNO4. The number of nitro benzene ring substituents is 1. The van der Waals surface area contributed by atoms with Gasteiger partial charge in [0.2, 0.25) is 0 Å². The zero-order chi connectivity index (χ0) is 14.7. The summed E-state index contributed by atoms with van der Waals surface area (Å²) in [6, 6.07) is 2.30. The molecule has 0 unspecified atom stereocenters. The summed E-state index contributed by atoms with van der Waals surface area (Å²) >= 11 is 0. The topological polar surface area (TPSA) is 61.6 Å². The molecule has 2 rings (SSSR count). The lowest BCUT2D eigenvalue weighted by atomic mass is 10.1. The van der Waals surface area contributed by atoms with Gasteiger partial charge in [-0.25, -0.2) is 4.39 Å². The van der Waals surface area contributed by atoms with Crippen LogP contribution in [0.1, 0.15) is 25.8 Å². The summed E-state index contributed by atoms with van der Waals surface area (Å²) in [5.41, 5.74) is 0.298. The van der Waals surface area contributed by atoms with Crippen molar-refractivity contribution in [3.05, 3.63) is 33.6 Å². The average Bonchev–Trinajstić information content (AvgIpc) is 2.79. The van der Waals surface area contributed by atoms with Crippen LogP contribution in [0.2, 0.25) is 0 Å². The highest BCUT2D eigenvalue weighted by Crippen LogP contribution is 2.32. The first kappa shape index (κ1) is 14.7. The van der Waals surface area contributed by atoms with Gasteiger partial charge >= 0.3 is 0 Å². The smallest absolute Gasteiger partial charge is 0.272 e. The molecule has 1 aromatic carbocycles. The largest absolute Gasteiger partial charge is 0.484 e. The van der Waals surface area contributed by atoms with Gasteiger partial charge in [-0.05, 0) is 6.42 Å². The van der Waals surface area contributed by atoms with Crippen molar-refractivity contribution >= 4 is 5.69 Å². The van der Waals surface area contributed by atoms with Crippen LogP contribution in [-0.4, -0.2) is 24.2 Å². The van der Waals surface area contributed by atoms with E-state index in [9.17, 15) is 14.5 Å². The Morgan fingerprint density at radius 1 is 1.50 bits per heavy atom. The van der Waals surface area contributed by atoms with E-state index in [1.807, 2.05) is 13.8 Å². The van der Waals surface area contributed by atoms with E-state index >= 15 is 0 Å². The Morgan fingerprint density at radius 2 is 2.25 bits per heavy atom. The fraction of sp³-hybridized carbons (Fsp3) is 0.571. The van der Waals surface area contributed by atoms with E-state index in [0.29, 0.717) is 25.2 Å². The van der Waals surface area contributed by atoms with Gasteiger partial charge in [0.15, 0.2) is 11.6 Å². The second kappa shape index (κ2) is 6.17. The Balaban J connectivity index is 2.32. The highest BCUT2D eigenvalue weighted by molar-refractivity contribution is 5.45. The number of hydrogen-bond acceptors (Lipinski definition) is 4. The summed E-state index contributed by atoms with van der Waals surface area (Å²) in [4.78, 5) is 10.2. The van der Waals surface area contributed by atoms with Crippen LogP contribution in [-0.2, 0) is 11.2 Å². The van der Waals surface area contributed by atoms with E-state index in [0.717, 1.165) is 12.5 Å². The molecule has 0 radical (unpaired) electrons. The van der Waals surface area contributed by atoms with Crippen LogP contribution in [0.15, 0.2) is 12.1 Å². The Hall–Kier alpha value is -1.69. The third-order valence-electron chi connectivity index (χ3n) is 3.40. The second-order valence-electron chi connectivity index (χ2n) is 5.09. The molecule has 1 heterocycles. The number of aryl methyl sites for hydroxylation is 1. The lowest BCUT2D eigenvalue weighted by molar-refractivity contribution is -0.385. The summed E-state index contributed by atoms with van der Waals surface area (Å²) in [5.74, 6) is -0.374. The minimum atomic E-state index is -0.679. The minimum absolute atomic E-state index is 0.125. The number of rotatable bonds is 5. The van der Waals surface area contributed by atoms with Crippen LogP contribution in [0.4, 0.5) is 10.1 Å². The monoisotopic (exact) mass is 283 g/mol. The molecule has 5 nitrogen and oxygen atoms in total. The Morgan fingerprint density at radius 3 is 2.80 bits per heavy atom. The molecule has 1 aliphatic heterocycles. The molecule has 0 spiro atoms. The normalized spacial score (nSPS) is 21.9. The number of halogens is 1. The molecule has 1 fully saturated rings. The van der Waals surface area contributed by atoms with Crippen LogP contribution in [0.25, 0.3) is 0 Å². The molecule has 1 saturated heterocycles. The highest BCUT2D eigenvalue weighted by atomic mass is 19.1. The van der Waals surface area contributed by atoms with Crippen molar-refractivity contribution in [1.82, 2.24) is 0 Å². The maximum absolute atomic E-state index is 14.1. The quantitative estimate of drug-likeness (QED) is 0.615. The molecule has 6 heteroatoms. The van der Waals surface area contributed by atoms with Crippen molar-refractivity contribution in [2.45, 2.75) is 32.8 Å². The Kier molecular flexibility index (Phi) is 4.54. The summed E-state index contributed by atoms with van der Waals surface area (Å²) in [5, 5.41) is 10.8. The van der Waals surface area contributed by atoms with Crippen molar-refractivity contribution in [1.29, 1.82) is 0 Å². The Labute approximate surface area is 116 Å². The predicted octanol–water partition coefficient (Wildman–Crippen LogP) is 3.10. The van der Waals surface area contributed by atoms with Crippen molar-refractivity contribution in [2.75, 3.05) is 13.2 Å². The fourth-order valence-electron chi connectivity index (χ4n) is 2.27. The number of ether oxygens (including phenoxy) is 2. The molecule has 110 valence electrons. The van der Waals surface area contributed by atoms with Crippen LogP contribution < -0.4 is 4.74 Å². The van der Waals surface area contributed by atoms with Crippen molar-refractivity contribution in [3.63, 3.8) is 0 Å². The molecule has 20 heavy (non-hydrogen) atoms. The molecule has 0 amide bonds. The molecule has 0 aliphatic carbocycles. The number of nitro groups is 1. The van der Waals surface area contributed by atoms with Gasteiger partial charge in [0, 0.05) is 17.5 Å². The van der Waals surface area contributed by atoms with E-state index in [2.05, 4.69) is 0 Å². The first-order chi connectivity index (χ1) is 9.52. The van der Waals surface area contributed by atoms with Gasteiger partial charge < -0.3 is 9.47 Å². The van der Waals surface area contributed by atoms with Crippen LogP contribution >= 0.6 is 0 Å². The third-order valence-corrected chi connectivity index (χ3v) is 3.40. The number of non-ortho nitro benzene ring substituents is 1. The van der Waals surface area contributed by atoms with Crippen molar-refractivity contribution in [3.8, 4) is 5.75 Å². The first-order valence-electron chi connectivity index (χ1n) is 6.74. The van der Waals surface area contributed by atoms with Gasteiger partial charge in [0.25, 0.3) is 5.69 Å². The fourth-order valence-corrected chi connectivity index (χ4v) is 2.27. The maximum atomic E-state index is 14.1. The average molecular weight is 283 g/mol. The van der Waals surface area contributed by atoms with Crippen LogP contribution in [0, 0.1) is 21.8 Å². The summed E-state index contributed by atoms with van der Waals surface area (Å²) in [6.07, 6.45) is 1.09. The van der Waals surface area contributed by atoms with Crippen molar-refractivity contribution < 1.29 is 18.8 Å². The highest BCUT2D eigenvalue weighted by Gasteiger charge is 2.28. The molecule has 0 bridgehead atoms. The summed E-state index contributed by atoms with van der Waals surface area (Å²) in [7, 11) is 0. The van der Waals surface area contributed by atoms with Gasteiger partial charge in [-0.3, -0.25) is 10.1 Å². The van der Waals surface area contributed by atoms with E-state index in [1.54, 1.807) is 0 Å². The molecule has 1 aliphatic rings. The molecule has 0 N–H and O–H groups in total. The van der Waals surface area contributed by atoms with Gasteiger partial charge in [-0.1, -0.05) is 20.3 Å². The number of hydrogen-bond donors (Lipinski definition) is 0. The molecular weight excluding hydrogens is 265 g/mol. The molecule has 0 aromatic heterocycles. The van der Waals surface area contributed by atoms with E-state index in [-0.39, 0.29) is 23.5 Å². The lowest BCUT2D eigenvalue weighted by Gasteiger charge is -2.19. The van der Waals surface area contributed by atoms with Gasteiger partial charge in [0.05, 0.1) is 24.2 Å². The predicted molar refractivity (Wildman–Crippen MR) is 71.4 cm³/mol.